The van der Waals surface area contributed by atoms with E-state index in [1.807, 2.05) is 18.2 Å². The maximum atomic E-state index is 11.4. The fourth-order valence-electron chi connectivity index (χ4n) is 2.57. The van der Waals surface area contributed by atoms with E-state index in [0.29, 0.717) is 19.0 Å². The van der Waals surface area contributed by atoms with Crippen LogP contribution in [-0.4, -0.2) is 45.2 Å². The van der Waals surface area contributed by atoms with Crippen molar-refractivity contribution in [2.75, 3.05) is 32.4 Å². The molecule has 5 heteroatoms. The minimum absolute atomic E-state index is 0.577. The molecule has 0 unspecified atom stereocenters. The minimum atomic E-state index is -3.01. The molecule has 1 aromatic rings. The Morgan fingerprint density at radius 1 is 1.24 bits per heavy atom. The number of piperidine rings is 1. The molecule has 1 fully saturated rings. The minimum Gasteiger partial charge on any atom is -0.313 e. The van der Waals surface area contributed by atoms with E-state index in [2.05, 4.69) is 29.6 Å². The lowest BCUT2D eigenvalue weighted by Crippen LogP contribution is -2.40. The predicted octanol–water partition coefficient (Wildman–Crippen LogP) is 1.96. The molecule has 1 aliphatic rings. The Morgan fingerprint density at radius 3 is 2.52 bits per heavy atom. The number of hydrogen-bond acceptors (Lipinski definition) is 3. The highest BCUT2D eigenvalue weighted by Crippen LogP contribution is 2.18. The van der Waals surface area contributed by atoms with E-state index in [4.69, 9.17) is 0 Å². The Hall–Kier alpha value is -1.17. The maximum Gasteiger partial charge on any atom is 0.211 e. The molecule has 1 saturated heterocycles. The zero-order valence-electron chi connectivity index (χ0n) is 12.5. The summed E-state index contributed by atoms with van der Waals surface area (Å²) in [5, 5.41) is 3.42. The molecule has 0 bridgehead atoms. The second-order valence-electron chi connectivity index (χ2n) is 5.58. The van der Waals surface area contributed by atoms with Gasteiger partial charge in [-0.2, -0.15) is 0 Å². The highest BCUT2D eigenvalue weighted by molar-refractivity contribution is 7.88. The summed E-state index contributed by atoms with van der Waals surface area (Å²) >= 11 is 0. The van der Waals surface area contributed by atoms with Crippen molar-refractivity contribution in [3.63, 3.8) is 0 Å². The van der Waals surface area contributed by atoms with Crippen LogP contribution in [0.3, 0.4) is 0 Å². The molecule has 0 amide bonds. The molecule has 116 valence electrons. The van der Waals surface area contributed by atoms with Gasteiger partial charge in [0.2, 0.25) is 10.0 Å². The number of nitrogens with zero attached hydrogens (tertiary/aromatic N) is 1. The van der Waals surface area contributed by atoms with Crippen LogP contribution >= 0.6 is 0 Å². The molecule has 0 aliphatic carbocycles. The number of sulfonamides is 1. The molecule has 0 spiro atoms. The molecule has 1 aromatic carbocycles. The molecular weight excluding hydrogens is 284 g/mol. The molecule has 0 atom stereocenters. The fourth-order valence-corrected chi connectivity index (χ4v) is 3.45. The number of benzene rings is 1. The van der Waals surface area contributed by atoms with Gasteiger partial charge < -0.3 is 5.32 Å². The number of rotatable bonds is 6. The zero-order chi connectivity index (χ0) is 15.1. The van der Waals surface area contributed by atoms with Gasteiger partial charge in [0.1, 0.15) is 0 Å². The summed E-state index contributed by atoms with van der Waals surface area (Å²) in [5.74, 6) is 0.577. The van der Waals surface area contributed by atoms with E-state index in [-0.39, 0.29) is 0 Å². The lowest BCUT2D eigenvalue weighted by atomic mass is 9.98. The van der Waals surface area contributed by atoms with Crippen LogP contribution in [0.15, 0.2) is 36.4 Å². The van der Waals surface area contributed by atoms with Crippen molar-refractivity contribution in [1.82, 2.24) is 9.62 Å². The van der Waals surface area contributed by atoms with Gasteiger partial charge >= 0.3 is 0 Å². The van der Waals surface area contributed by atoms with Gasteiger partial charge in [0, 0.05) is 19.6 Å². The Labute approximate surface area is 127 Å². The normalized spacial score (nSPS) is 18.3. The van der Waals surface area contributed by atoms with Crippen LogP contribution < -0.4 is 5.32 Å². The van der Waals surface area contributed by atoms with Gasteiger partial charge in [0.05, 0.1) is 6.26 Å². The lowest BCUT2D eigenvalue weighted by Gasteiger charge is -2.30. The van der Waals surface area contributed by atoms with E-state index in [1.165, 1.54) is 11.8 Å². The van der Waals surface area contributed by atoms with Crippen LogP contribution in [0.4, 0.5) is 0 Å². The van der Waals surface area contributed by atoms with Crippen molar-refractivity contribution in [1.29, 1.82) is 0 Å². The van der Waals surface area contributed by atoms with Crippen LogP contribution in [0.1, 0.15) is 18.4 Å². The summed E-state index contributed by atoms with van der Waals surface area (Å²) in [4.78, 5) is 0. The number of hydrogen-bond donors (Lipinski definition) is 1. The maximum absolute atomic E-state index is 11.4. The Morgan fingerprint density at radius 2 is 1.90 bits per heavy atom. The average molecular weight is 308 g/mol. The Bertz CT molecular complexity index is 547. The molecule has 0 radical (unpaired) electrons. The van der Waals surface area contributed by atoms with Crippen LogP contribution in [0.2, 0.25) is 0 Å². The molecule has 2 rings (SSSR count). The second-order valence-corrected chi connectivity index (χ2v) is 7.56. The van der Waals surface area contributed by atoms with Gasteiger partial charge in [0.25, 0.3) is 0 Å². The van der Waals surface area contributed by atoms with Crippen molar-refractivity contribution in [2.45, 2.75) is 12.8 Å². The van der Waals surface area contributed by atoms with Crippen LogP contribution in [0.5, 0.6) is 0 Å². The average Bonchev–Trinajstić information content (AvgIpc) is 2.47. The van der Waals surface area contributed by atoms with E-state index >= 15 is 0 Å². The summed E-state index contributed by atoms with van der Waals surface area (Å²) in [6.07, 6.45) is 7.42. The van der Waals surface area contributed by atoms with Crippen molar-refractivity contribution in [3.8, 4) is 0 Å². The van der Waals surface area contributed by atoms with Crippen molar-refractivity contribution >= 4 is 16.1 Å². The SMILES string of the molecule is CS(=O)(=O)N1CCC(CNC/C=C/c2ccccc2)CC1. The molecule has 1 aliphatic heterocycles. The molecule has 1 heterocycles. The summed E-state index contributed by atoms with van der Waals surface area (Å²) in [6.45, 7) is 3.12. The largest absolute Gasteiger partial charge is 0.313 e. The smallest absolute Gasteiger partial charge is 0.211 e. The van der Waals surface area contributed by atoms with Gasteiger partial charge in [-0.25, -0.2) is 12.7 Å². The topological polar surface area (TPSA) is 49.4 Å². The molecule has 21 heavy (non-hydrogen) atoms. The summed E-state index contributed by atoms with van der Waals surface area (Å²) in [6, 6.07) is 10.2. The lowest BCUT2D eigenvalue weighted by molar-refractivity contribution is 0.270. The molecule has 4 nitrogen and oxygen atoms in total. The number of nitrogens with one attached hydrogen (secondary N) is 1. The van der Waals surface area contributed by atoms with Gasteiger partial charge in [-0.3, -0.25) is 0 Å². The van der Waals surface area contributed by atoms with Crippen LogP contribution in [0.25, 0.3) is 6.08 Å². The van der Waals surface area contributed by atoms with E-state index in [9.17, 15) is 8.42 Å². The third-order valence-corrected chi connectivity index (χ3v) is 5.15. The van der Waals surface area contributed by atoms with Gasteiger partial charge in [-0.1, -0.05) is 42.5 Å². The second kappa shape index (κ2) is 7.73. The predicted molar refractivity (Wildman–Crippen MR) is 87.5 cm³/mol. The first kappa shape index (κ1) is 16.2. The van der Waals surface area contributed by atoms with Crippen molar-refractivity contribution in [2.24, 2.45) is 5.92 Å². The quantitative estimate of drug-likeness (QED) is 0.817. The first-order valence-electron chi connectivity index (χ1n) is 7.43. The fraction of sp³-hybridized carbons (Fsp3) is 0.500. The first-order chi connectivity index (χ1) is 10.1. The highest BCUT2D eigenvalue weighted by Gasteiger charge is 2.24. The molecule has 1 N–H and O–H groups in total. The van der Waals surface area contributed by atoms with Crippen molar-refractivity contribution in [3.05, 3.63) is 42.0 Å². The Balaban J connectivity index is 1.63. The van der Waals surface area contributed by atoms with Gasteiger partial charge in [-0.05, 0) is 30.9 Å². The monoisotopic (exact) mass is 308 g/mol. The molecular formula is C16H24N2O2S. The summed E-state index contributed by atoms with van der Waals surface area (Å²) in [7, 11) is -3.01. The van der Waals surface area contributed by atoms with Crippen molar-refractivity contribution < 1.29 is 8.42 Å². The summed E-state index contributed by atoms with van der Waals surface area (Å²) < 4.78 is 24.4. The summed E-state index contributed by atoms with van der Waals surface area (Å²) in [5.41, 5.74) is 1.21. The first-order valence-corrected chi connectivity index (χ1v) is 9.28. The van der Waals surface area contributed by atoms with Gasteiger partial charge in [0.15, 0.2) is 0 Å². The van der Waals surface area contributed by atoms with E-state index in [0.717, 1.165) is 25.9 Å². The highest BCUT2D eigenvalue weighted by atomic mass is 32.2. The van der Waals surface area contributed by atoms with E-state index < -0.39 is 10.0 Å². The van der Waals surface area contributed by atoms with Crippen LogP contribution in [0, 0.1) is 5.92 Å². The van der Waals surface area contributed by atoms with E-state index in [1.54, 1.807) is 4.31 Å². The van der Waals surface area contributed by atoms with Gasteiger partial charge in [-0.15, -0.1) is 0 Å². The molecule has 0 aromatic heterocycles. The zero-order valence-corrected chi connectivity index (χ0v) is 13.3. The third kappa shape index (κ3) is 5.61. The molecule has 0 saturated carbocycles. The van der Waals surface area contributed by atoms with Crippen LogP contribution in [-0.2, 0) is 10.0 Å². The Kier molecular flexibility index (Phi) is 5.96. The standard InChI is InChI=1S/C16H24N2O2S/c1-21(19,20)18-12-9-16(10-13-18)14-17-11-5-8-15-6-3-2-4-7-15/h2-8,16-17H,9-14H2,1H3/b8-5+. The third-order valence-electron chi connectivity index (χ3n) is 3.85.